The lowest BCUT2D eigenvalue weighted by atomic mass is 9.95. The standard InChI is InChI=1S/C27H32N2O6/c1-2-18(11-12-25(31)29-14-17(26(32)33)13-19(30)15-29)28-27(34)35-16-24-22-9-5-3-7-20(22)21-8-4-6-10-23(21)24/h3-10,17-19,24,30H,2,11-16H2,1H3,(H,28,34)(H,32,33). The van der Waals surface area contributed by atoms with Crippen molar-refractivity contribution in [1.29, 1.82) is 0 Å². The second kappa shape index (κ2) is 10.9. The first kappa shape index (κ1) is 24.7. The molecule has 0 bridgehead atoms. The van der Waals surface area contributed by atoms with Crippen LogP contribution in [0.25, 0.3) is 11.1 Å². The fourth-order valence-electron chi connectivity index (χ4n) is 5.10. The van der Waals surface area contributed by atoms with Crippen molar-refractivity contribution in [1.82, 2.24) is 10.2 Å². The molecule has 2 aromatic rings. The van der Waals surface area contributed by atoms with Crippen LogP contribution in [0.5, 0.6) is 0 Å². The quantitative estimate of drug-likeness (QED) is 0.533. The van der Waals surface area contributed by atoms with Gasteiger partial charge < -0.3 is 25.2 Å². The fraction of sp³-hybridized carbons (Fsp3) is 0.444. The molecular formula is C27H32N2O6. The summed E-state index contributed by atoms with van der Waals surface area (Å²) < 4.78 is 5.61. The number of aliphatic hydroxyl groups excluding tert-OH is 1. The van der Waals surface area contributed by atoms with Gasteiger partial charge in [0.25, 0.3) is 0 Å². The van der Waals surface area contributed by atoms with Gasteiger partial charge in [0, 0.05) is 31.5 Å². The zero-order valence-electron chi connectivity index (χ0n) is 19.9. The molecule has 3 N–H and O–H groups in total. The summed E-state index contributed by atoms with van der Waals surface area (Å²) in [5.41, 5.74) is 4.61. The number of ether oxygens (including phenoxy) is 1. The predicted molar refractivity (Wildman–Crippen MR) is 130 cm³/mol. The van der Waals surface area contributed by atoms with Crippen molar-refractivity contribution in [3.8, 4) is 11.1 Å². The number of fused-ring (bicyclic) bond motifs is 3. The van der Waals surface area contributed by atoms with E-state index in [-0.39, 0.29) is 50.4 Å². The Bertz CT molecular complexity index is 1040. The first-order chi connectivity index (χ1) is 16.9. The minimum atomic E-state index is -1.01. The monoisotopic (exact) mass is 480 g/mol. The third-order valence-corrected chi connectivity index (χ3v) is 7.00. The lowest BCUT2D eigenvalue weighted by Gasteiger charge is -2.34. The van der Waals surface area contributed by atoms with E-state index in [1.165, 1.54) is 4.90 Å². The fourth-order valence-corrected chi connectivity index (χ4v) is 5.10. The van der Waals surface area contributed by atoms with Gasteiger partial charge in [-0.15, -0.1) is 0 Å². The molecule has 2 aromatic carbocycles. The zero-order valence-corrected chi connectivity index (χ0v) is 19.9. The van der Waals surface area contributed by atoms with E-state index in [1.54, 1.807) is 0 Å². The molecule has 3 unspecified atom stereocenters. The van der Waals surface area contributed by atoms with E-state index in [9.17, 15) is 24.6 Å². The molecule has 4 rings (SSSR count). The Balaban J connectivity index is 1.29. The average molecular weight is 481 g/mol. The molecule has 35 heavy (non-hydrogen) atoms. The van der Waals surface area contributed by atoms with Gasteiger partial charge in [-0.3, -0.25) is 9.59 Å². The molecular weight excluding hydrogens is 448 g/mol. The van der Waals surface area contributed by atoms with Crippen molar-refractivity contribution in [2.24, 2.45) is 5.92 Å². The topological polar surface area (TPSA) is 116 Å². The van der Waals surface area contributed by atoms with E-state index in [4.69, 9.17) is 4.74 Å². The number of amides is 2. The molecule has 0 aromatic heterocycles. The van der Waals surface area contributed by atoms with Crippen molar-refractivity contribution in [2.45, 2.75) is 50.7 Å². The van der Waals surface area contributed by atoms with Gasteiger partial charge in [0.15, 0.2) is 0 Å². The maximum absolute atomic E-state index is 12.6. The third kappa shape index (κ3) is 5.65. The highest BCUT2D eigenvalue weighted by Crippen LogP contribution is 2.44. The maximum Gasteiger partial charge on any atom is 0.407 e. The summed E-state index contributed by atoms with van der Waals surface area (Å²) in [5.74, 6) is -2.01. The van der Waals surface area contributed by atoms with Crippen molar-refractivity contribution >= 4 is 18.0 Å². The van der Waals surface area contributed by atoms with Gasteiger partial charge in [-0.1, -0.05) is 55.5 Å². The summed E-state index contributed by atoms with van der Waals surface area (Å²) in [5, 5.41) is 22.0. The largest absolute Gasteiger partial charge is 0.481 e. The van der Waals surface area contributed by atoms with Crippen LogP contribution in [0.3, 0.4) is 0 Å². The van der Waals surface area contributed by atoms with Gasteiger partial charge >= 0.3 is 12.1 Å². The Kier molecular flexibility index (Phi) is 7.70. The molecule has 2 amide bonds. The van der Waals surface area contributed by atoms with Crippen molar-refractivity contribution in [2.75, 3.05) is 19.7 Å². The normalized spacial score (nSPS) is 20.0. The number of β-amino-alcohol motifs (C(OH)–C–C–N with tert-alkyl or cyclic N) is 1. The summed E-state index contributed by atoms with van der Waals surface area (Å²) in [4.78, 5) is 37.9. The molecule has 0 spiro atoms. The third-order valence-electron chi connectivity index (χ3n) is 7.00. The molecule has 0 saturated carbocycles. The van der Waals surface area contributed by atoms with Crippen LogP contribution >= 0.6 is 0 Å². The number of carbonyl (C=O) groups excluding carboxylic acids is 2. The number of rotatable bonds is 8. The number of hydrogen-bond donors (Lipinski definition) is 3. The Labute approximate surface area is 204 Å². The Morgan fingerprint density at radius 3 is 2.29 bits per heavy atom. The summed E-state index contributed by atoms with van der Waals surface area (Å²) in [6, 6.07) is 16.0. The van der Waals surface area contributed by atoms with Crippen LogP contribution in [-0.4, -0.2) is 64.9 Å². The van der Waals surface area contributed by atoms with E-state index in [2.05, 4.69) is 29.6 Å². The Morgan fingerprint density at radius 2 is 1.69 bits per heavy atom. The first-order valence-electron chi connectivity index (χ1n) is 12.2. The molecule has 3 atom stereocenters. The summed E-state index contributed by atoms with van der Waals surface area (Å²) >= 11 is 0. The van der Waals surface area contributed by atoms with E-state index in [0.717, 1.165) is 22.3 Å². The molecule has 1 aliphatic heterocycles. The number of piperidine rings is 1. The average Bonchev–Trinajstić information content (AvgIpc) is 3.18. The number of carbonyl (C=O) groups is 3. The lowest BCUT2D eigenvalue weighted by molar-refractivity contribution is -0.148. The molecule has 8 heteroatoms. The molecule has 186 valence electrons. The van der Waals surface area contributed by atoms with Crippen LogP contribution in [0, 0.1) is 5.92 Å². The smallest absolute Gasteiger partial charge is 0.407 e. The summed E-state index contributed by atoms with van der Waals surface area (Å²) in [7, 11) is 0. The van der Waals surface area contributed by atoms with E-state index >= 15 is 0 Å². The number of carboxylic acid groups (broad SMARTS) is 1. The molecule has 2 aliphatic rings. The predicted octanol–water partition coefficient (Wildman–Crippen LogP) is 3.38. The van der Waals surface area contributed by atoms with E-state index < -0.39 is 24.1 Å². The molecule has 1 aliphatic carbocycles. The SMILES string of the molecule is CCC(CCC(=O)N1CC(O)CC(C(=O)O)C1)NC(=O)OCC1c2ccccc2-c2ccccc21. The second-order valence-corrected chi connectivity index (χ2v) is 9.34. The zero-order chi connectivity index (χ0) is 24.9. The Hall–Kier alpha value is -3.39. The molecule has 8 nitrogen and oxygen atoms in total. The number of alkyl carbamates (subject to hydrolysis) is 1. The van der Waals surface area contributed by atoms with Crippen LogP contribution in [0.15, 0.2) is 48.5 Å². The number of hydrogen-bond acceptors (Lipinski definition) is 5. The van der Waals surface area contributed by atoms with Crippen molar-refractivity contribution < 1.29 is 29.3 Å². The molecule has 0 radical (unpaired) electrons. The van der Waals surface area contributed by atoms with Crippen LogP contribution in [-0.2, 0) is 14.3 Å². The minimum Gasteiger partial charge on any atom is -0.481 e. The first-order valence-corrected chi connectivity index (χ1v) is 12.2. The van der Waals surface area contributed by atoms with Gasteiger partial charge in [0.05, 0.1) is 12.0 Å². The molecule has 1 saturated heterocycles. The van der Waals surface area contributed by atoms with Crippen LogP contribution in [0.2, 0.25) is 0 Å². The van der Waals surface area contributed by atoms with E-state index in [1.807, 2.05) is 31.2 Å². The number of nitrogens with one attached hydrogen (secondary N) is 1. The molecule has 1 fully saturated rings. The number of carboxylic acids is 1. The minimum absolute atomic E-state index is 0.0254. The maximum atomic E-state index is 12.6. The number of aliphatic carboxylic acids is 1. The lowest BCUT2D eigenvalue weighted by Crippen LogP contribution is -2.48. The van der Waals surface area contributed by atoms with Gasteiger partial charge in [-0.05, 0) is 41.5 Å². The molecule has 1 heterocycles. The van der Waals surface area contributed by atoms with Gasteiger partial charge in [-0.2, -0.15) is 0 Å². The van der Waals surface area contributed by atoms with Gasteiger partial charge in [0.2, 0.25) is 5.91 Å². The number of nitrogens with zero attached hydrogens (tertiary/aromatic N) is 1. The highest BCUT2D eigenvalue weighted by atomic mass is 16.5. The van der Waals surface area contributed by atoms with Gasteiger partial charge in [0.1, 0.15) is 6.61 Å². The van der Waals surface area contributed by atoms with Gasteiger partial charge in [-0.25, -0.2) is 4.79 Å². The number of benzene rings is 2. The summed E-state index contributed by atoms with van der Waals surface area (Å²) in [6.07, 6.45) is -0.0246. The number of aliphatic hydroxyl groups is 1. The van der Waals surface area contributed by atoms with Crippen molar-refractivity contribution in [3.05, 3.63) is 59.7 Å². The Morgan fingerprint density at radius 1 is 1.06 bits per heavy atom. The van der Waals surface area contributed by atoms with Crippen LogP contribution in [0.1, 0.15) is 49.7 Å². The second-order valence-electron chi connectivity index (χ2n) is 9.34. The number of likely N-dealkylation sites (tertiary alicyclic amines) is 1. The van der Waals surface area contributed by atoms with E-state index in [0.29, 0.717) is 12.8 Å². The van der Waals surface area contributed by atoms with Crippen LogP contribution < -0.4 is 5.32 Å². The highest BCUT2D eigenvalue weighted by molar-refractivity contribution is 5.79. The highest BCUT2D eigenvalue weighted by Gasteiger charge is 2.33. The summed E-state index contributed by atoms with van der Waals surface area (Å²) in [6.45, 7) is 2.38. The van der Waals surface area contributed by atoms with Crippen LogP contribution in [0.4, 0.5) is 4.79 Å². The van der Waals surface area contributed by atoms with Crippen molar-refractivity contribution in [3.63, 3.8) is 0 Å².